The Balaban J connectivity index is 1.48. The number of ether oxygens (including phenoxy) is 1. The lowest BCUT2D eigenvalue weighted by atomic mass is 10.1. The second-order valence-corrected chi connectivity index (χ2v) is 6.02. The van der Waals surface area contributed by atoms with Gasteiger partial charge in [-0.3, -0.25) is 4.68 Å². The summed E-state index contributed by atoms with van der Waals surface area (Å²) in [6.45, 7) is 3.87. The first-order valence-electron chi connectivity index (χ1n) is 7.83. The quantitative estimate of drug-likeness (QED) is 0.912. The molecule has 2 aliphatic rings. The van der Waals surface area contributed by atoms with Gasteiger partial charge >= 0.3 is 6.03 Å². The molecule has 0 aromatic carbocycles. The van der Waals surface area contributed by atoms with Crippen molar-refractivity contribution in [3.8, 4) is 0 Å². The Morgan fingerprint density at radius 1 is 1.48 bits per heavy atom. The zero-order chi connectivity index (χ0) is 14.7. The van der Waals surface area contributed by atoms with Crippen molar-refractivity contribution in [2.24, 2.45) is 5.92 Å². The highest BCUT2D eigenvalue weighted by atomic mass is 16.5. The van der Waals surface area contributed by atoms with Gasteiger partial charge in [0.15, 0.2) is 0 Å². The fourth-order valence-corrected chi connectivity index (χ4v) is 3.23. The first-order valence-corrected chi connectivity index (χ1v) is 7.83. The number of amides is 2. The second kappa shape index (κ2) is 6.47. The van der Waals surface area contributed by atoms with Gasteiger partial charge < -0.3 is 15.0 Å². The molecule has 6 heteroatoms. The van der Waals surface area contributed by atoms with Crippen molar-refractivity contribution in [1.29, 1.82) is 0 Å². The van der Waals surface area contributed by atoms with E-state index in [-0.39, 0.29) is 6.03 Å². The zero-order valence-corrected chi connectivity index (χ0v) is 12.7. The summed E-state index contributed by atoms with van der Waals surface area (Å²) >= 11 is 0. The molecule has 1 atom stereocenters. The van der Waals surface area contributed by atoms with Crippen LogP contribution in [0, 0.1) is 5.92 Å². The molecule has 1 fully saturated rings. The number of methoxy groups -OCH3 is 1. The van der Waals surface area contributed by atoms with Crippen molar-refractivity contribution in [3.05, 3.63) is 17.5 Å². The van der Waals surface area contributed by atoms with Gasteiger partial charge in [-0.1, -0.05) is 0 Å². The summed E-state index contributed by atoms with van der Waals surface area (Å²) in [4.78, 5) is 14.0. The molecule has 21 heavy (non-hydrogen) atoms. The molecule has 0 bridgehead atoms. The minimum absolute atomic E-state index is 0.0135. The highest BCUT2D eigenvalue weighted by Crippen LogP contribution is 2.17. The predicted molar refractivity (Wildman–Crippen MR) is 79.0 cm³/mol. The number of hydrogen-bond donors (Lipinski definition) is 1. The van der Waals surface area contributed by atoms with Crippen LogP contribution in [-0.4, -0.2) is 47.5 Å². The minimum atomic E-state index is 0.0135. The Morgan fingerprint density at radius 3 is 3.19 bits per heavy atom. The molecule has 1 saturated heterocycles. The third-order valence-electron chi connectivity index (χ3n) is 4.36. The fourth-order valence-electron chi connectivity index (χ4n) is 3.23. The SMILES string of the molecule is COCC1CCN(C(=O)NCc2cc3n(n2)CCCC3)C1. The van der Waals surface area contributed by atoms with Gasteiger partial charge in [0.05, 0.1) is 18.8 Å². The Kier molecular flexibility index (Phi) is 4.43. The normalized spacial score (nSPS) is 21.4. The molecule has 6 nitrogen and oxygen atoms in total. The average Bonchev–Trinajstić information content (AvgIpc) is 3.11. The highest BCUT2D eigenvalue weighted by molar-refractivity contribution is 5.74. The molecule has 116 valence electrons. The number of carbonyl (C=O) groups excluding carboxylic acids is 1. The number of fused-ring (bicyclic) bond motifs is 1. The van der Waals surface area contributed by atoms with Crippen LogP contribution < -0.4 is 5.32 Å². The monoisotopic (exact) mass is 292 g/mol. The molecule has 1 aromatic heterocycles. The molecule has 2 aliphatic heterocycles. The number of aromatic nitrogens is 2. The van der Waals surface area contributed by atoms with E-state index < -0.39 is 0 Å². The minimum Gasteiger partial charge on any atom is -0.384 e. The Hall–Kier alpha value is -1.56. The summed E-state index contributed by atoms with van der Waals surface area (Å²) in [5, 5.41) is 7.54. The van der Waals surface area contributed by atoms with Crippen molar-refractivity contribution in [3.63, 3.8) is 0 Å². The van der Waals surface area contributed by atoms with Gasteiger partial charge in [-0.2, -0.15) is 5.10 Å². The third kappa shape index (κ3) is 3.37. The largest absolute Gasteiger partial charge is 0.384 e. The predicted octanol–water partition coefficient (Wildman–Crippen LogP) is 1.40. The van der Waals surface area contributed by atoms with Crippen LogP contribution in [0.15, 0.2) is 6.07 Å². The van der Waals surface area contributed by atoms with E-state index in [2.05, 4.69) is 21.2 Å². The first kappa shape index (κ1) is 14.4. The summed E-state index contributed by atoms with van der Waals surface area (Å²) < 4.78 is 7.24. The summed E-state index contributed by atoms with van der Waals surface area (Å²) in [7, 11) is 1.71. The number of hydrogen-bond acceptors (Lipinski definition) is 3. The molecule has 0 radical (unpaired) electrons. The maximum Gasteiger partial charge on any atom is 0.317 e. The van der Waals surface area contributed by atoms with E-state index >= 15 is 0 Å². The second-order valence-electron chi connectivity index (χ2n) is 6.02. The lowest BCUT2D eigenvalue weighted by molar-refractivity contribution is 0.153. The van der Waals surface area contributed by atoms with Crippen LogP contribution in [0.3, 0.4) is 0 Å². The number of aryl methyl sites for hydroxylation is 2. The lowest BCUT2D eigenvalue weighted by Gasteiger charge is -2.16. The van der Waals surface area contributed by atoms with E-state index in [1.807, 2.05) is 4.90 Å². The van der Waals surface area contributed by atoms with Crippen LogP contribution in [0.2, 0.25) is 0 Å². The molecule has 1 aromatic rings. The number of urea groups is 1. The van der Waals surface area contributed by atoms with E-state index in [1.54, 1.807) is 7.11 Å². The van der Waals surface area contributed by atoms with E-state index in [0.717, 1.165) is 44.8 Å². The number of carbonyl (C=O) groups is 1. The van der Waals surface area contributed by atoms with Gasteiger partial charge in [0.1, 0.15) is 0 Å². The van der Waals surface area contributed by atoms with Crippen molar-refractivity contribution in [2.75, 3.05) is 26.8 Å². The van der Waals surface area contributed by atoms with Crippen LogP contribution >= 0.6 is 0 Å². The van der Waals surface area contributed by atoms with Gasteiger partial charge in [-0.25, -0.2) is 4.79 Å². The summed E-state index contributed by atoms with van der Waals surface area (Å²) in [6.07, 6.45) is 4.58. The summed E-state index contributed by atoms with van der Waals surface area (Å²) in [5.41, 5.74) is 2.26. The highest BCUT2D eigenvalue weighted by Gasteiger charge is 2.26. The van der Waals surface area contributed by atoms with Crippen molar-refractivity contribution in [2.45, 2.75) is 38.8 Å². The average molecular weight is 292 g/mol. The van der Waals surface area contributed by atoms with Crippen LogP contribution in [-0.2, 0) is 24.2 Å². The molecule has 3 heterocycles. The van der Waals surface area contributed by atoms with Gasteiger partial charge in [0, 0.05) is 38.4 Å². The first-order chi connectivity index (χ1) is 10.3. The number of nitrogens with zero attached hydrogens (tertiary/aromatic N) is 3. The molecular weight excluding hydrogens is 268 g/mol. The molecule has 3 rings (SSSR count). The molecule has 1 unspecified atom stereocenters. The summed E-state index contributed by atoms with van der Waals surface area (Å²) in [6, 6.07) is 2.14. The molecule has 0 saturated carbocycles. The molecule has 2 amide bonds. The van der Waals surface area contributed by atoms with Gasteiger partial charge in [-0.15, -0.1) is 0 Å². The Labute approximate surface area is 125 Å². The number of likely N-dealkylation sites (tertiary alicyclic amines) is 1. The van der Waals surface area contributed by atoms with Crippen LogP contribution in [0.25, 0.3) is 0 Å². The van der Waals surface area contributed by atoms with E-state index in [4.69, 9.17) is 4.74 Å². The lowest BCUT2D eigenvalue weighted by Crippen LogP contribution is -2.38. The van der Waals surface area contributed by atoms with Crippen molar-refractivity contribution in [1.82, 2.24) is 20.0 Å². The number of nitrogens with one attached hydrogen (secondary N) is 1. The van der Waals surface area contributed by atoms with E-state index in [1.165, 1.54) is 18.5 Å². The van der Waals surface area contributed by atoms with Crippen LogP contribution in [0.4, 0.5) is 4.79 Å². The van der Waals surface area contributed by atoms with Crippen LogP contribution in [0.5, 0.6) is 0 Å². The third-order valence-corrected chi connectivity index (χ3v) is 4.36. The zero-order valence-electron chi connectivity index (χ0n) is 12.7. The molecule has 1 N–H and O–H groups in total. The summed E-state index contributed by atoms with van der Waals surface area (Å²) in [5.74, 6) is 0.473. The smallest absolute Gasteiger partial charge is 0.317 e. The fraction of sp³-hybridized carbons (Fsp3) is 0.733. The number of rotatable bonds is 4. The Bertz CT molecular complexity index is 476. The molecule has 0 spiro atoms. The Morgan fingerprint density at radius 2 is 2.38 bits per heavy atom. The van der Waals surface area contributed by atoms with E-state index in [0.29, 0.717) is 12.5 Å². The van der Waals surface area contributed by atoms with Crippen LogP contribution in [0.1, 0.15) is 30.7 Å². The van der Waals surface area contributed by atoms with Gasteiger partial charge in [-0.05, 0) is 31.7 Å². The maximum absolute atomic E-state index is 12.2. The topological polar surface area (TPSA) is 59.4 Å². The van der Waals surface area contributed by atoms with Crippen molar-refractivity contribution < 1.29 is 9.53 Å². The molecular formula is C15H24N4O2. The maximum atomic E-state index is 12.2. The van der Waals surface area contributed by atoms with Gasteiger partial charge in [0.25, 0.3) is 0 Å². The van der Waals surface area contributed by atoms with Gasteiger partial charge in [0.2, 0.25) is 0 Å². The van der Waals surface area contributed by atoms with Crippen molar-refractivity contribution >= 4 is 6.03 Å². The van der Waals surface area contributed by atoms with E-state index in [9.17, 15) is 4.79 Å². The standard InChI is InChI=1S/C15H24N4O2/c1-21-11-12-5-7-18(10-12)15(20)16-9-13-8-14-4-2-3-6-19(14)17-13/h8,12H,2-7,9-11H2,1H3,(H,16,20). The molecule has 0 aliphatic carbocycles.